The van der Waals surface area contributed by atoms with Crippen molar-refractivity contribution in [3.8, 4) is 0 Å². The lowest BCUT2D eigenvalue weighted by atomic mass is 9.87. The molecule has 1 aromatic carbocycles. The molecule has 2 aromatic rings. The highest BCUT2D eigenvalue weighted by molar-refractivity contribution is 7.98. The van der Waals surface area contributed by atoms with E-state index in [0.717, 1.165) is 47.2 Å². The highest BCUT2D eigenvalue weighted by Gasteiger charge is 2.21. The first-order chi connectivity index (χ1) is 13.5. The number of aryl methyl sites for hydroxylation is 1. The molecule has 7 heteroatoms. The number of rotatable bonds is 7. The maximum Gasteiger partial charge on any atom is 0.339 e. The SMILES string of the molecule is Cc1nc(CSc2ccccc2C(=O)OCC(=O)NC2CCC(C)CC2)cs1. The van der Waals surface area contributed by atoms with E-state index in [1.54, 1.807) is 35.2 Å². The van der Waals surface area contributed by atoms with Crippen LogP contribution < -0.4 is 5.32 Å². The summed E-state index contributed by atoms with van der Waals surface area (Å²) in [6.45, 7) is 3.98. The van der Waals surface area contributed by atoms with E-state index < -0.39 is 5.97 Å². The van der Waals surface area contributed by atoms with Crippen molar-refractivity contribution in [2.24, 2.45) is 5.92 Å². The Morgan fingerprint density at radius 3 is 2.71 bits per heavy atom. The van der Waals surface area contributed by atoms with E-state index in [1.807, 2.05) is 24.4 Å². The van der Waals surface area contributed by atoms with E-state index in [9.17, 15) is 9.59 Å². The molecule has 0 unspecified atom stereocenters. The number of esters is 1. The minimum atomic E-state index is -0.468. The summed E-state index contributed by atoms with van der Waals surface area (Å²) < 4.78 is 5.27. The number of hydrogen-bond acceptors (Lipinski definition) is 6. The van der Waals surface area contributed by atoms with Crippen molar-refractivity contribution < 1.29 is 14.3 Å². The zero-order chi connectivity index (χ0) is 19.9. The Hall–Kier alpha value is -1.86. The van der Waals surface area contributed by atoms with Crippen LogP contribution in [0.1, 0.15) is 53.7 Å². The Bertz CT molecular complexity index is 813. The molecule has 1 N–H and O–H groups in total. The first-order valence-corrected chi connectivity index (χ1v) is 11.5. The van der Waals surface area contributed by atoms with Crippen LogP contribution in [0.25, 0.3) is 0 Å². The van der Waals surface area contributed by atoms with Crippen LogP contribution in [-0.4, -0.2) is 29.5 Å². The number of thioether (sulfide) groups is 1. The minimum absolute atomic E-state index is 0.201. The molecule has 0 aliphatic heterocycles. The van der Waals surface area contributed by atoms with Crippen LogP contribution in [0, 0.1) is 12.8 Å². The average Bonchev–Trinajstić information content (AvgIpc) is 3.12. The summed E-state index contributed by atoms with van der Waals surface area (Å²) in [5.41, 5.74) is 1.48. The fourth-order valence-corrected chi connectivity index (χ4v) is 4.92. The summed E-state index contributed by atoms with van der Waals surface area (Å²) in [4.78, 5) is 29.9. The van der Waals surface area contributed by atoms with Gasteiger partial charge in [-0.25, -0.2) is 9.78 Å². The lowest BCUT2D eigenvalue weighted by molar-refractivity contribution is -0.125. The monoisotopic (exact) mass is 418 g/mol. The highest BCUT2D eigenvalue weighted by Crippen LogP contribution is 2.27. The fourth-order valence-electron chi connectivity index (χ4n) is 3.27. The van der Waals surface area contributed by atoms with Gasteiger partial charge in [0.1, 0.15) is 0 Å². The number of nitrogens with zero attached hydrogens (tertiary/aromatic N) is 1. The van der Waals surface area contributed by atoms with Crippen LogP contribution in [0.4, 0.5) is 0 Å². The summed E-state index contributed by atoms with van der Waals surface area (Å²) >= 11 is 3.16. The van der Waals surface area contributed by atoms with Gasteiger partial charge in [-0.2, -0.15) is 0 Å². The van der Waals surface area contributed by atoms with Gasteiger partial charge in [-0.1, -0.05) is 19.1 Å². The van der Waals surface area contributed by atoms with Gasteiger partial charge >= 0.3 is 5.97 Å². The van der Waals surface area contributed by atoms with Crippen molar-refractivity contribution in [1.82, 2.24) is 10.3 Å². The number of carbonyl (C=O) groups is 2. The van der Waals surface area contributed by atoms with Crippen LogP contribution in [-0.2, 0) is 15.3 Å². The van der Waals surface area contributed by atoms with Gasteiger partial charge in [0.15, 0.2) is 6.61 Å². The third kappa shape index (κ3) is 6.07. The van der Waals surface area contributed by atoms with E-state index in [2.05, 4.69) is 17.2 Å². The molecule has 0 radical (unpaired) electrons. The lowest BCUT2D eigenvalue weighted by Gasteiger charge is -2.26. The molecule has 3 rings (SSSR count). The Morgan fingerprint density at radius 1 is 1.25 bits per heavy atom. The van der Waals surface area contributed by atoms with E-state index in [4.69, 9.17) is 4.74 Å². The molecule has 1 saturated carbocycles. The van der Waals surface area contributed by atoms with Crippen LogP contribution >= 0.6 is 23.1 Å². The molecule has 1 heterocycles. The quantitative estimate of drug-likeness (QED) is 0.526. The topological polar surface area (TPSA) is 68.3 Å². The largest absolute Gasteiger partial charge is 0.452 e. The van der Waals surface area contributed by atoms with Crippen molar-refractivity contribution >= 4 is 35.0 Å². The molecule has 5 nitrogen and oxygen atoms in total. The predicted octanol–water partition coefficient (Wildman–Crippen LogP) is 4.60. The van der Waals surface area contributed by atoms with Crippen molar-refractivity contribution in [2.45, 2.75) is 56.2 Å². The smallest absolute Gasteiger partial charge is 0.339 e. The van der Waals surface area contributed by atoms with E-state index in [1.165, 1.54) is 0 Å². The van der Waals surface area contributed by atoms with Crippen molar-refractivity contribution in [1.29, 1.82) is 0 Å². The molecular formula is C21H26N2O3S2. The fraction of sp³-hybridized carbons (Fsp3) is 0.476. The van der Waals surface area contributed by atoms with Crippen LogP contribution in [0.15, 0.2) is 34.5 Å². The molecule has 150 valence electrons. The molecule has 0 saturated heterocycles. The molecule has 1 aliphatic carbocycles. The molecular weight excluding hydrogens is 392 g/mol. The standard InChI is InChI=1S/C21H26N2O3S2/c1-14-7-9-16(10-8-14)23-20(24)11-26-21(25)18-5-3-4-6-19(18)28-13-17-12-27-15(2)22-17/h3-6,12,14,16H,7-11,13H2,1-2H3,(H,23,24). The van der Waals surface area contributed by atoms with Gasteiger partial charge in [-0.05, 0) is 50.7 Å². The van der Waals surface area contributed by atoms with Gasteiger partial charge in [0.2, 0.25) is 0 Å². The number of amides is 1. The predicted molar refractivity (Wildman–Crippen MR) is 113 cm³/mol. The Kier molecular flexibility index (Phi) is 7.50. The number of hydrogen-bond donors (Lipinski definition) is 1. The number of ether oxygens (including phenoxy) is 1. The highest BCUT2D eigenvalue weighted by atomic mass is 32.2. The van der Waals surface area contributed by atoms with E-state index in [-0.39, 0.29) is 18.6 Å². The average molecular weight is 419 g/mol. The molecule has 1 amide bonds. The second kappa shape index (κ2) is 10.1. The van der Waals surface area contributed by atoms with Gasteiger partial charge in [0.05, 0.1) is 16.3 Å². The Balaban J connectivity index is 1.50. The zero-order valence-electron chi connectivity index (χ0n) is 16.3. The third-order valence-corrected chi connectivity index (χ3v) is 6.79. The van der Waals surface area contributed by atoms with E-state index >= 15 is 0 Å². The Morgan fingerprint density at radius 2 is 2.00 bits per heavy atom. The Labute approximate surface area is 174 Å². The molecule has 1 fully saturated rings. The van der Waals surface area contributed by atoms with Gasteiger partial charge in [0.25, 0.3) is 5.91 Å². The van der Waals surface area contributed by atoms with Crippen molar-refractivity contribution in [3.63, 3.8) is 0 Å². The van der Waals surface area contributed by atoms with Gasteiger partial charge < -0.3 is 10.1 Å². The van der Waals surface area contributed by atoms with Gasteiger partial charge in [0, 0.05) is 22.1 Å². The summed E-state index contributed by atoms with van der Waals surface area (Å²) in [6.07, 6.45) is 4.26. The summed E-state index contributed by atoms with van der Waals surface area (Å²) in [5.74, 6) is 0.726. The van der Waals surface area contributed by atoms with Gasteiger partial charge in [-0.15, -0.1) is 23.1 Å². The van der Waals surface area contributed by atoms with E-state index in [0.29, 0.717) is 11.3 Å². The van der Waals surface area contributed by atoms with Crippen LogP contribution in [0.3, 0.4) is 0 Å². The number of carbonyl (C=O) groups excluding carboxylic acids is 2. The number of nitrogens with one attached hydrogen (secondary N) is 1. The molecule has 28 heavy (non-hydrogen) atoms. The first kappa shape index (κ1) is 20.9. The van der Waals surface area contributed by atoms with Crippen LogP contribution in [0.5, 0.6) is 0 Å². The van der Waals surface area contributed by atoms with Crippen molar-refractivity contribution in [3.05, 3.63) is 45.9 Å². The minimum Gasteiger partial charge on any atom is -0.452 e. The number of thiazole rings is 1. The van der Waals surface area contributed by atoms with Crippen LogP contribution in [0.2, 0.25) is 0 Å². The first-order valence-electron chi connectivity index (χ1n) is 9.60. The third-order valence-electron chi connectivity index (χ3n) is 4.86. The zero-order valence-corrected chi connectivity index (χ0v) is 17.9. The summed E-state index contributed by atoms with van der Waals surface area (Å²) in [7, 11) is 0. The summed E-state index contributed by atoms with van der Waals surface area (Å²) in [6, 6.07) is 7.52. The van der Waals surface area contributed by atoms with Gasteiger partial charge in [-0.3, -0.25) is 4.79 Å². The second-order valence-electron chi connectivity index (χ2n) is 7.24. The number of benzene rings is 1. The number of aromatic nitrogens is 1. The van der Waals surface area contributed by atoms with Crippen molar-refractivity contribution in [2.75, 3.05) is 6.61 Å². The molecule has 1 aliphatic rings. The molecule has 0 atom stereocenters. The lowest BCUT2D eigenvalue weighted by Crippen LogP contribution is -2.39. The molecule has 0 spiro atoms. The maximum atomic E-state index is 12.5. The maximum absolute atomic E-state index is 12.5. The molecule has 0 bridgehead atoms. The second-order valence-corrected chi connectivity index (χ2v) is 9.32. The normalized spacial score (nSPS) is 19.2. The summed E-state index contributed by atoms with van der Waals surface area (Å²) in [5, 5.41) is 6.04. The molecule has 1 aromatic heterocycles.